The number of aromatic nitrogens is 2. The molecule has 1 atom stereocenters. The minimum atomic E-state index is 0.152. The van der Waals surface area contributed by atoms with Crippen molar-refractivity contribution in [3.63, 3.8) is 0 Å². The number of carbonyl (C=O) groups is 1. The van der Waals surface area contributed by atoms with Gasteiger partial charge in [-0.3, -0.25) is 4.90 Å². The number of Topliss-reactive ketones (excluding diaryl/α,β-unsaturated/α-hetero) is 1. The van der Waals surface area contributed by atoms with Crippen molar-refractivity contribution in [2.45, 2.75) is 69.9 Å². The lowest BCUT2D eigenvalue weighted by Crippen LogP contribution is -2.46. The minimum Gasteiger partial charge on any atom is -0.474 e. The molecule has 2 aliphatic carbocycles. The number of ether oxygens (including phenoxy) is 2. The van der Waals surface area contributed by atoms with E-state index in [4.69, 9.17) is 21.1 Å². The smallest absolute Gasteiger partial charge is 0.227 e. The Morgan fingerprint density at radius 1 is 1.20 bits per heavy atom. The molecule has 0 bridgehead atoms. The Labute approximate surface area is 185 Å². The van der Waals surface area contributed by atoms with E-state index in [2.05, 4.69) is 14.9 Å². The quantitative estimate of drug-likeness (QED) is 0.631. The minimum absolute atomic E-state index is 0.152. The fourth-order valence-corrected chi connectivity index (χ4v) is 6.82. The summed E-state index contributed by atoms with van der Waals surface area (Å²) in [5, 5.41) is 1.24. The molecule has 2 fully saturated rings. The highest BCUT2D eigenvalue weighted by molar-refractivity contribution is 7.19. The van der Waals surface area contributed by atoms with Gasteiger partial charge in [0.25, 0.3) is 0 Å². The van der Waals surface area contributed by atoms with E-state index in [9.17, 15) is 4.79 Å². The molecular weight excluding hydrogens is 422 g/mol. The Morgan fingerprint density at radius 3 is 2.70 bits per heavy atom. The molecular formula is C22H28ClN3O3S. The maximum atomic E-state index is 11.8. The van der Waals surface area contributed by atoms with Crippen molar-refractivity contribution in [3.05, 3.63) is 15.7 Å². The van der Waals surface area contributed by atoms with E-state index >= 15 is 0 Å². The van der Waals surface area contributed by atoms with Crippen LogP contribution in [0.4, 0.5) is 0 Å². The monoisotopic (exact) mass is 449 g/mol. The van der Waals surface area contributed by atoms with Crippen LogP contribution in [0.2, 0.25) is 5.28 Å². The van der Waals surface area contributed by atoms with Crippen LogP contribution in [0.3, 0.4) is 0 Å². The van der Waals surface area contributed by atoms with Gasteiger partial charge in [0.15, 0.2) is 0 Å². The van der Waals surface area contributed by atoms with Gasteiger partial charge in [-0.1, -0.05) is 0 Å². The van der Waals surface area contributed by atoms with Gasteiger partial charge >= 0.3 is 0 Å². The number of ketones is 1. The highest BCUT2D eigenvalue weighted by atomic mass is 35.5. The topological polar surface area (TPSA) is 64.5 Å². The Hall–Kier alpha value is -1.28. The number of hydrogen-bond donors (Lipinski definition) is 0. The SMILES string of the molecule is CC(=O)C[C@H]1CCc2sc3nc(Cl)nc(OC4CCC(N5CCOCC5)CC4)c3c21. The average Bonchev–Trinajstić information content (AvgIpc) is 3.28. The van der Waals surface area contributed by atoms with Crippen LogP contribution in [-0.4, -0.2) is 59.1 Å². The maximum Gasteiger partial charge on any atom is 0.227 e. The second kappa shape index (κ2) is 8.69. The Balaban J connectivity index is 1.35. The summed E-state index contributed by atoms with van der Waals surface area (Å²) < 4.78 is 12.0. The predicted molar refractivity (Wildman–Crippen MR) is 118 cm³/mol. The zero-order valence-corrected chi connectivity index (χ0v) is 18.9. The number of nitrogens with zero attached hydrogens (tertiary/aromatic N) is 3. The molecule has 2 aromatic rings. The number of hydrogen-bond acceptors (Lipinski definition) is 7. The standard InChI is InChI=1S/C22H28ClN3O3S/c1-13(27)12-14-2-7-17-18(14)19-20(24-22(23)25-21(19)30-17)29-16-5-3-15(4-6-16)26-8-10-28-11-9-26/h14-16H,2-12H2,1H3/t14-,15?,16?/m1/s1. The molecule has 1 saturated carbocycles. The van der Waals surface area contributed by atoms with Crippen LogP contribution in [-0.2, 0) is 16.0 Å². The second-order valence-electron chi connectivity index (χ2n) is 8.76. The van der Waals surface area contributed by atoms with Crippen LogP contribution in [0, 0.1) is 0 Å². The molecule has 30 heavy (non-hydrogen) atoms. The van der Waals surface area contributed by atoms with Crippen molar-refractivity contribution in [1.29, 1.82) is 0 Å². The van der Waals surface area contributed by atoms with Crippen LogP contribution in [0.5, 0.6) is 5.88 Å². The molecule has 0 amide bonds. The number of carbonyl (C=O) groups excluding carboxylic acids is 1. The Kier molecular flexibility index (Phi) is 5.97. The van der Waals surface area contributed by atoms with Gasteiger partial charge in [-0.25, -0.2) is 4.98 Å². The highest BCUT2D eigenvalue weighted by Gasteiger charge is 2.33. The van der Waals surface area contributed by atoms with Gasteiger partial charge in [0.05, 0.1) is 18.6 Å². The Morgan fingerprint density at radius 2 is 1.97 bits per heavy atom. The Bertz CT molecular complexity index is 935. The van der Waals surface area contributed by atoms with Crippen molar-refractivity contribution in [2.75, 3.05) is 26.3 Å². The fourth-order valence-electron chi connectivity index (χ4n) is 5.34. The molecule has 162 valence electrons. The van der Waals surface area contributed by atoms with Crippen molar-refractivity contribution >= 4 is 38.9 Å². The molecule has 0 N–H and O–H groups in total. The van der Waals surface area contributed by atoms with Gasteiger partial charge in [0.1, 0.15) is 16.7 Å². The van der Waals surface area contributed by atoms with E-state index in [0.717, 1.165) is 75.0 Å². The van der Waals surface area contributed by atoms with Crippen molar-refractivity contribution in [3.8, 4) is 5.88 Å². The third-order valence-corrected chi connectivity index (χ3v) is 8.08. The fraction of sp³-hybridized carbons (Fsp3) is 0.682. The van der Waals surface area contributed by atoms with E-state index in [1.807, 2.05) is 0 Å². The van der Waals surface area contributed by atoms with Gasteiger partial charge in [-0.15, -0.1) is 11.3 Å². The zero-order chi connectivity index (χ0) is 20.7. The first-order valence-corrected chi connectivity index (χ1v) is 12.2. The van der Waals surface area contributed by atoms with Crippen LogP contribution in [0.25, 0.3) is 10.2 Å². The summed E-state index contributed by atoms with van der Waals surface area (Å²) in [6.45, 7) is 5.44. The zero-order valence-electron chi connectivity index (χ0n) is 17.4. The van der Waals surface area contributed by atoms with Crippen LogP contribution < -0.4 is 4.74 Å². The molecule has 3 aliphatic rings. The summed E-state index contributed by atoms with van der Waals surface area (Å²) in [5.74, 6) is 1.09. The molecule has 0 radical (unpaired) electrons. The van der Waals surface area contributed by atoms with Crippen LogP contribution >= 0.6 is 22.9 Å². The number of aryl methyl sites for hydroxylation is 1. The van der Waals surface area contributed by atoms with Gasteiger partial charge in [-0.05, 0) is 68.5 Å². The third kappa shape index (κ3) is 4.09. The van der Waals surface area contributed by atoms with Gasteiger partial charge in [0, 0.05) is 30.4 Å². The summed E-state index contributed by atoms with van der Waals surface area (Å²) in [6, 6.07) is 0.632. The van der Waals surface area contributed by atoms with Gasteiger partial charge < -0.3 is 14.3 Å². The van der Waals surface area contributed by atoms with E-state index in [1.165, 1.54) is 10.4 Å². The molecule has 6 nitrogen and oxygen atoms in total. The summed E-state index contributed by atoms with van der Waals surface area (Å²) >= 11 is 7.92. The average molecular weight is 450 g/mol. The molecule has 5 rings (SSSR count). The third-order valence-electron chi connectivity index (χ3n) is 6.75. The molecule has 2 aromatic heterocycles. The summed E-state index contributed by atoms with van der Waals surface area (Å²) in [4.78, 5) is 25.5. The molecule has 8 heteroatoms. The number of fused-ring (bicyclic) bond motifs is 3. The largest absolute Gasteiger partial charge is 0.474 e. The molecule has 0 unspecified atom stereocenters. The first-order chi connectivity index (χ1) is 14.6. The van der Waals surface area contributed by atoms with Gasteiger partial charge in [-0.2, -0.15) is 4.98 Å². The first kappa shape index (κ1) is 20.6. The normalized spacial score (nSPS) is 27.3. The van der Waals surface area contributed by atoms with E-state index in [0.29, 0.717) is 18.3 Å². The van der Waals surface area contributed by atoms with E-state index in [-0.39, 0.29) is 23.1 Å². The van der Waals surface area contributed by atoms with Crippen LogP contribution in [0.15, 0.2) is 0 Å². The van der Waals surface area contributed by atoms with Crippen molar-refractivity contribution in [2.24, 2.45) is 0 Å². The van der Waals surface area contributed by atoms with Crippen molar-refractivity contribution in [1.82, 2.24) is 14.9 Å². The highest BCUT2D eigenvalue weighted by Crippen LogP contribution is 2.48. The van der Waals surface area contributed by atoms with Crippen molar-refractivity contribution < 1.29 is 14.3 Å². The molecule has 0 aromatic carbocycles. The second-order valence-corrected chi connectivity index (χ2v) is 10.2. The number of morpholine rings is 1. The summed E-state index contributed by atoms with van der Waals surface area (Å²) in [5.41, 5.74) is 1.24. The number of halogens is 1. The summed E-state index contributed by atoms with van der Waals surface area (Å²) in [6.07, 6.45) is 7.07. The number of rotatable bonds is 5. The lowest BCUT2D eigenvalue weighted by atomic mass is 9.91. The van der Waals surface area contributed by atoms with Gasteiger partial charge in [0.2, 0.25) is 11.2 Å². The lowest BCUT2D eigenvalue weighted by molar-refractivity contribution is -0.117. The summed E-state index contributed by atoms with van der Waals surface area (Å²) in [7, 11) is 0. The number of thiophene rings is 1. The maximum absolute atomic E-state index is 11.8. The molecule has 0 spiro atoms. The lowest BCUT2D eigenvalue weighted by Gasteiger charge is -2.38. The predicted octanol–water partition coefficient (Wildman–Crippen LogP) is 4.38. The first-order valence-electron chi connectivity index (χ1n) is 11.0. The van der Waals surface area contributed by atoms with E-state index in [1.54, 1.807) is 18.3 Å². The molecule has 3 heterocycles. The molecule has 1 saturated heterocycles. The molecule has 1 aliphatic heterocycles. The van der Waals surface area contributed by atoms with Crippen LogP contribution in [0.1, 0.15) is 61.8 Å². The van der Waals surface area contributed by atoms with E-state index < -0.39 is 0 Å².